The Hall–Kier alpha value is -3.16. The lowest BCUT2D eigenvalue weighted by atomic mass is 10.1. The number of aliphatic imine (C=N–C) groups is 1. The standard InChI is InChI=1S/C26H28N2O4S/c1-3-15-32-26(31)23(27-16-20-7-5-4-6-8-20)24-28-22(25(29)30)21(17-33-24)14-13-19-11-9-18(2)10-12-19/h4-14,23-24,27H,2-3,15-17H2,1H3,(H,29,30). The summed E-state index contributed by atoms with van der Waals surface area (Å²) in [6.07, 6.45) is 4.33. The molecular formula is C26H28N2O4S. The van der Waals surface area contributed by atoms with Crippen LogP contribution in [-0.4, -0.2) is 46.5 Å². The lowest BCUT2D eigenvalue weighted by molar-refractivity contribution is -0.146. The molecular weight excluding hydrogens is 436 g/mol. The molecule has 1 heterocycles. The van der Waals surface area contributed by atoms with Gasteiger partial charge in [0.1, 0.15) is 17.1 Å². The monoisotopic (exact) mass is 464 g/mol. The summed E-state index contributed by atoms with van der Waals surface area (Å²) >= 11 is 1.42. The van der Waals surface area contributed by atoms with Crippen LogP contribution >= 0.6 is 11.8 Å². The second-order valence-electron chi connectivity index (χ2n) is 7.60. The van der Waals surface area contributed by atoms with Crippen molar-refractivity contribution in [3.8, 4) is 0 Å². The number of aliphatic carboxylic acids is 1. The lowest BCUT2D eigenvalue weighted by Gasteiger charge is -2.27. The van der Waals surface area contributed by atoms with Crippen molar-refractivity contribution >= 4 is 42.1 Å². The van der Waals surface area contributed by atoms with Crippen molar-refractivity contribution in [3.05, 3.63) is 82.2 Å². The SMILES string of the molecule is C=c1ccc(=CC=C2CSC(C(NCc3ccccc3)C(=O)OCCC)N=C2C(=O)O)cc1. The molecule has 1 aliphatic heterocycles. The fourth-order valence-electron chi connectivity index (χ4n) is 3.22. The molecule has 33 heavy (non-hydrogen) atoms. The summed E-state index contributed by atoms with van der Waals surface area (Å²) in [6, 6.07) is 16.6. The molecule has 2 atom stereocenters. The number of benzene rings is 2. The Bertz CT molecular complexity index is 1120. The number of hydrogen-bond donors (Lipinski definition) is 2. The zero-order valence-corrected chi connectivity index (χ0v) is 19.4. The Labute approximate surface area is 197 Å². The van der Waals surface area contributed by atoms with Crippen molar-refractivity contribution in [2.45, 2.75) is 31.3 Å². The van der Waals surface area contributed by atoms with Crippen molar-refractivity contribution in [3.63, 3.8) is 0 Å². The van der Waals surface area contributed by atoms with Gasteiger partial charge in [-0.25, -0.2) is 4.79 Å². The minimum atomic E-state index is -1.11. The molecule has 3 rings (SSSR count). The van der Waals surface area contributed by atoms with Crippen LogP contribution < -0.4 is 15.8 Å². The number of carbonyl (C=O) groups is 2. The van der Waals surface area contributed by atoms with E-state index in [2.05, 4.69) is 16.9 Å². The number of nitrogens with one attached hydrogen (secondary N) is 1. The number of thioether (sulfide) groups is 1. The highest BCUT2D eigenvalue weighted by atomic mass is 32.2. The third-order valence-electron chi connectivity index (χ3n) is 4.99. The van der Waals surface area contributed by atoms with Gasteiger partial charge in [-0.3, -0.25) is 15.1 Å². The number of carbonyl (C=O) groups excluding carboxylic acids is 1. The minimum absolute atomic E-state index is 0.0291. The Balaban J connectivity index is 1.85. The highest BCUT2D eigenvalue weighted by Crippen LogP contribution is 2.27. The van der Waals surface area contributed by atoms with E-state index in [1.165, 1.54) is 11.8 Å². The maximum Gasteiger partial charge on any atom is 0.354 e. The third-order valence-corrected chi connectivity index (χ3v) is 6.18. The smallest absolute Gasteiger partial charge is 0.354 e. The molecule has 0 fully saturated rings. The average Bonchev–Trinajstić information content (AvgIpc) is 2.83. The molecule has 2 aromatic carbocycles. The molecule has 2 unspecified atom stereocenters. The summed E-state index contributed by atoms with van der Waals surface area (Å²) in [4.78, 5) is 29.2. The van der Waals surface area contributed by atoms with E-state index in [4.69, 9.17) is 4.74 Å². The Morgan fingerprint density at radius 3 is 2.61 bits per heavy atom. The summed E-state index contributed by atoms with van der Waals surface area (Å²) in [5.74, 6) is -1.12. The van der Waals surface area contributed by atoms with E-state index >= 15 is 0 Å². The van der Waals surface area contributed by atoms with E-state index in [0.717, 1.165) is 16.0 Å². The molecule has 6 nitrogen and oxygen atoms in total. The normalized spacial score (nSPS) is 17.8. The molecule has 0 aliphatic carbocycles. The van der Waals surface area contributed by atoms with Gasteiger partial charge in [0.2, 0.25) is 0 Å². The van der Waals surface area contributed by atoms with Crippen molar-refractivity contribution in [1.29, 1.82) is 0 Å². The van der Waals surface area contributed by atoms with E-state index < -0.39 is 23.4 Å². The van der Waals surface area contributed by atoms with Gasteiger partial charge < -0.3 is 9.84 Å². The van der Waals surface area contributed by atoms with E-state index in [0.29, 0.717) is 30.9 Å². The first kappa shape index (κ1) is 24.5. The fraction of sp³-hybridized carbons (Fsp3) is 0.269. The molecule has 0 radical (unpaired) electrons. The maximum atomic E-state index is 12.8. The van der Waals surface area contributed by atoms with Crippen molar-refractivity contribution < 1.29 is 19.4 Å². The van der Waals surface area contributed by atoms with Crippen molar-refractivity contribution in [2.75, 3.05) is 12.4 Å². The molecule has 0 spiro atoms. The van der Waals surface area contributed by atoms with Gasteiger partial charge in [-0.1, -0.05) is 80.3 Å². The summed E-state index contributed by atoms with van der Waals surface area (Å²) in [6.45, 7) is 6.54. The van der Waals surface area contributed by atoms with Crippen LogP contribution in [0, 0.1) is 0 Å². The van der Waals surface area contributed by atoms with Gasteiger partial charge in [0.15, 0.2) is 0 Å². The molecule has 2 aromatic rings. The number of esters is 1. The van der Waals surface area contributed by atoms with Gasteiger partial charge in [-0.2, -0.15) is 0 Å². The van der Waals surface area contributed by atoms with Gasteiger partial charge in [-0.05, 0) is 28.0 Å². The van der Waals surface area contributed by atoms with Crippen LogP contribution in [0.3, 0.4) is 0 Å². The summed E-state index contributed by atoms with van der Waals surface area (Å²) in [5, 5.41) is 14.3. The molecule has 1 aliphatic rings. The summed E-state index contributed by atoms with van der Waals surface area (Å²) in [5.41, 5.74) is 1.59. The molecule has 0 bridgehead atoms. The molecule has 0 amide bonds. The third kappa shape index (κ3) is 7.17. The Kier molecular flexibility index (Phi) is 9.04. The quantitative estimate of drug-likeness (QED) is 0.555. The topological polar surface area (TPSA) is 88.0 Å². The summed E-state index contributed by atoms with van der Waals surface area (Å²) < 4.78 is 5.38. The zero-order valence-electron chi connectivity index (χ0n) is 18.6. The first-order valence-corrected chi connectivity index (χ1v) is 11.9. The summed E-state index contributed by atoms with van der Waals surface area (Å²) in [7, 11) is 0. The Morgan fingerprint density at radius 2 is 1.94 bits per heavy atom. The largest absolute Gasteiger partial charge is 0.477 e. The second-order valence-corrected chi connectivity index (χ2v) is 8.70. The van der Waals surface area contributed by atoms with E-state index in [-0.39, 0.29) is 5.71 Å². The van der Waals surface area contributed by atoms with E-state index in [1.807, 2.05) is 67.6 Å². The number of hydrogen-bond acceptors (Lipinski definition) is 6. The van der Waals surface area contributed by atoms with Crippen LogP contribution in [0.5, 0.6) is 0 Å². The van der Waals surface area contributed by atoms with Crippen LogP contribution in [0.25, 0.3) is 12.7 Å². The average molecular weight is 465 g/mol. The molecule has 0 aromatic heterocycles. The van der Waals surface area contributed by atoms with Gasteiger partial charge in [0.05, 0.1) is 6.61 Å². The van der Waals surface area contributed by atoms with Crippen molar-refractivity contribution in [2.24, 2.45) is 4.99 Å². The van der Waals surface area contributed by atoms with Gasteiger partial charge in [-0.15, -0.1) is 11.8 Å². The maximum absolute atomic E-state index is 12.8. The van der Waals surface area contributed by atoms with E-state index in [1.54, 1.807) is 6.08 Å². The number of allylic oxidation sites excluding steroid dienone is 1. The highest BCUT2D eigenvalue weighted by Gasteiger charge is 2.34. The number of nitrogens with zero attached hydrogens (tertiary/aromatic N) is 1. The van der Waals surface area contributed by atoms with Gasteiger partial charge in [0, 0.05) is 12.3 Å². The minimum Gasteiger partial charge on any atom is -0.477 e. The van der Waals surface area contributed by atoms with Crippen molar-refractivity contribution in [1.82, 2.24) is 5.32 Å². The van der Waals surface area contributed by atoms with E-state index in [9.17, 15) is 14.7 Å². The first-order valence-electron chi connectivity index (χ1n) is 10.8. The van der Waals surface area contributed by atoms with Crippen LogP contribution in [0.1, 0.15) is 18.9 Å². The predicted molar refractivity (Wildman–Crippen MR) is 133 cm³/mol. The molecule has 0 saturated carbocycles. The number of carboxylic acid groups (broad SMARTS) is 1. The highest BCUT2D eigenvalue weighted by molar-refractivity contribution is 8.00. The number of rotatable bonds is 9. The molecule has 2 N–H and O–H groups in total. The lowest BCUT2D eigenvalue weighted by Crippen LogP contribution is -2.46. The first-order chi connectivity index (χ1) is 16.0. The number of carboxylic acids is 1. The predicted octanol–water partition coefficient (Wildman–Crippen LogP) is 2.51. The van der Waals surface area contributed by atoms with Crippen LogP contribution in [0.4, 0.5) is 0 Å². The second kappa shape index (κ2) is 12.2. The fourth-order valence-corrected chi connectivity index (χ4v) is 4.39. The Morgan fingerprint density at radius 1 is 1.21 bits per heavy atom. The molecule has 172 valence electrons. The van der Waals surface area contributed by atoms with Crippen LogP contribution in [0.15, 0.2) is 71.2 Å². The zero-order chi connectivity index (χ0) is 23.6. The van der Waals surface area contributed by atoms with Gasteiger partial charge in [0.25, 0.3) is 0 Å². The molecule has 0 saturated heterocycles. The molecule has 7 heteroatoms. The number of ether oxygens (including phenoxy) is 1. The van der Waals surface area contributed by atoms with Crippen LogP contribution in [0.2, 0.25) is 0 Å². The van der Waals surface area contributed by atoms with Gasteiger partial charge >= 0.3 is 11.9 Å². The van der Waals surface area contributed by atoms with Crippen LogP contribution in [-0.2, 0) is 20.9 Å².